The summed E-state index contributed by atoms with van der Waals surface area (Å²) in [5.41, 5.74) is 4.96. The van der Waals surface area contributed by atoms with Gasteiger partial charge in [0.25, 0.3) is 0 Å². The number of benzene rings is 1. The fourth-order valence-electron chi connectivity index (χ4n) is 10.8. The van der Waals surface area contributed by atoms with Gasteiger partial charge in [-0.3, -0.25) is 63.7 Å². The fraction of sp³-hybridized carbons (Fsp3) is 0.329. The van der Waals surface area contributed by atoms with Gasteiger partial charge < -0.3 is 29.0 Å². The van der Waals surface area contributed by atoms with Gasteiger partial charge in [-0.1, -0.05) is 76.2 Å². The van der Waals surface area contributed by atoms with Crippen molar-refractivity contribution in [3.63, 3.8) is 0 Å². The quantitative estimate of drug-likeness (QED) is 0.0299. The third kappa shape index (κ3) is 25.6. The molecule has 10 aromatic heterocycles. The Kier molecular flexibility index (Phi) is 30.4. The number of hydrogen-bond donors (Lipinski definition) is 1. The first-order chi connectivity index (χ1) is 57.1. The molecule has 0 radical (unpaired) electrons. The molecule has 1 aromatic carbocycles. The Morgan fingerprint density at radius 1 is 0.462 bits per heavy atom. The summed E-state index contributed by atoms with van der Waals surface area (Å²) in [4.78, 5) is 111. The van der Waals surface area contributed by atoms with Crippen LogP contribution in [-0.4, -0.2) is 174 Å². The van der Waals surface area contributed by atoms with Crippen LogP contribution in [0.5, 0.6) is 0 Å². The summed E-state index contributed by atoms with van der Waals surface area (Å²) in [7, 11) is 1.55. The Morgan fingerprint density at radius 3 is 1.15 bits per heavy atom. The predicted octanol–water partition coefficient (Wildman–Crippen LogP) is 14.8. The van der Waals surface area contributed by atoms with E-state index in [9.17, 15) is 46.7 Å². The minimum atomic E-state index is -4.44. The SMILES string of the molecule is CC(C)(C)OC(=O)N(CCC(F)(F)F)c1cn(-c2cccnc2)nc1Cl.CCOCC(=O)OCN(C(=O)C1CC1)c1cn(-c2cccnc2)nc1Cl.COCN(C(=O)C1CC1)c1cn(-c2cccnc2)nc1Cl.O=C(Nc1cn(-c2cccnc2)nc1Cl)C1CC1.O=C(OCN(C(=O)C1CC1)c1cn(-c2cccnc2)nc1Cl)c1ccccc1. The molecule has 4 fully saturated rings. The lowest BCUT2D eigenvalue weighted by Crippen LogP contribution is -2.38. The van der Waals surface area contributed by atoms with Crippen molar-refractivity contribution >= 4 is 128 Å². The third-order valence-electron chi connectivity index (χ3n) is 17.4. The number of pyridine rings is 5. The molecule has 4 saturated carbocycles. The van der Waals surface area contributed by atoms with Gasteiger partial charge in [0.05, 0.1) is 108 Å². The van der Waals surface area contributed by atoms with Gasteiger partial charge in [0, 0.05) is 74.9 Å². The second-order valence-electron chi connectivity index (χ2n) is 27.8. The van der Waals surface area contributed by atoms with E-state index < -0.39 is 42.8 Å². The maximum atomic E-state index is 12.8. The number of amides is 5. The monoisotopic (exact) mass is 1730 g/mol. The highest BCUT2D eigenvalue weighted by Gasteiger charge is 2.40. The number of hydrogen-bond acceptors (Lipinski definition) is 22. The van der Waals surface area contributed by atoms with Gasteiger partial charge in [-0.25, -0.2) is 37.8 Å². The number of nitrogens with zero attached hydrogens (tertiary/aromatic N) is 19. The van der Waals surface area contributed by atoms with Crippen molar-refractivity contribution in [1.82, 2.24) is 73.8 Å². The Hall–Kier alpha value is -11.7. The van der Waals surface area contributed by atoms with Crippen molar-refractivity contribution < 1.29 is 70.4 Å². The first-order valence-electron chi connectivity index (χ1n) is 37.2. The smallest absolute Gasteiger partial charge is 0.414 e. The van der Waals surface area contributed by atoms with Crippen molar-refractivity contribution in [1.29, 1.82) is 0 Å². The molecular weight excluding hydrogens is 1660 g/mol. The van der Waals surface area contributed by atoms with Crippen LogP contribution in [0.15, 0.2) is 184 Å². The van der Waals surface area contributed by atoms with E-state index in [1.54, 1.807) is 178 Å². The molecule has 0 spiro atoms. The Bertz CT molecular complexity index is 5230. The summed E-state index contributed by atoms with van der Waals surface area (Å²) >= 11 is 30.8. The molecule has 0 aliphatic heterocycles. The molecule has 5 amide bonds. The van der Waals surface area contributed by atoms with Crippen molar-refractivity contribution in [2.75, 3.05) is 72.0 Å². The molecule has 4 aliphatic rings. The number of carbonyl (C=O) groups is 7. The lowest BCUT2D eigenvalue weighted by molar-refractivity contribution is -0.149. The average Bonchev–Trinajstić information content (AvgIpc) is 1.67. The molecule has 10 heterocycles. The van der Waals surface area contributed by atoms with Gasteiger partial charge >= 0.3 is 24.2 Å². The first kappa shape index (κ1) is 88.1. The first-order valence-corrected chi connectivity index (χ1v) is 39.1. The van der Waals surface area contributed by atoms with Crippen molar-refractivity contribution in [3.05, 3.63) is 215 Å². The summed E-state index contributed by atoms with van der Waals surface area (Å²) in [5.74, 6) is -1.20. The number of carbonyl (C=O) groups excluding carboxylic acids is 7. The van der Waals surface area contributed by atoms with Gasteiger partial charge in [0.1, 0.15) is 41.7 Å². The van der Waals surface area contributed by atoms with Crippen LogP contribution in [0.2, 0.25) is 25.8 Å². The molecular formula is C79H80Cl5F3N20O12. The third-order valence-corrected chi connectivity index (χ3v) is 18.7. The van der Waals surface area contributed by atoms with Crippen LogP contribution in [0.4, 0.5) is 46.4 Å². The number of methoxy groups -OCH3 is 1. The van der Waals surface area contributed by atoms with E-state index in [-0.39, 0.29) is 106 Å². The molecule has 1 N–H and O–H groups in total. The highest BCUT2D eigenvalue weighted by Crippen LogP contribution is 2.39. The van der Waals surface area contributed by atoms with Crippen LogP contribution in [0.25, 0.3) is 28.4 Å². The van der Waals surface area contributed by atoms with E-state index in [2.05, 4.69) is 55.7 Å². The molecule has 0 bridgehead atoms. The summed E-state index contributed by atoms with van der Waals surface area (Å²) in [5, 5.41) is 24.4. The van der Waals surface area contributed by atoms with E-state index in [4.69, 9.17) is 81.7 Å². The number of halogens is 8. The molecule has 119 heavy (non-hydrogen) atoms. The van der Waals surface area contributed by atoms with Crippen LogP contribution in [0.1, 0.15) is 95.8 Å². The van der Waals surface area contributed by atoms with Crippen LogP contribution in [0, 0.1) is 23.7 Å². The Balaban J connectivity index is 0.000000147. The number of rotatable bonds is 26. The minimum Gasteiger partial charge on any atom is -0.443 e. The van der Waals surface area contributed by atoms with E-state index in [1.807, 2.05) is 42.5 Å². The van der Waals surface area contributed by atoms with Crippen LogP contribution in [-0.2, 0) is 47.7 Å². The molecule has 11 aromatic rings. The van der Waals surface area contributed by atoms with Crippen molar-refractivity contribution in [3.8, 4) is 28.4 Å². The molecule has 624 valence electrons. The van der Waals surface area contributed by atoms with Crippen LogP contribution < -0.4 is 24.9 Å². The lowest BCUT2D eigenvalue weighted by Gasteiger charge is -2.27. The number of anilines is 5. The largest absolute Gasteiger partial charge is 0.443 e. The maximum Gasteiger partial charge on any atom is 0.414 e. The predicted molar refractivity (Wildman–Crippen MR) is 434 cm³/mol. The number of alkyl halides is 3. The molecule has 15 rings (SSSR count). The number of nitrogens with one attached hydrogen (secondary N) is 1. The Labute approximate surface area is 704 Å². The fourth-order valence-corrected chi connectivity index (χ4v) is 11.9. The summed E-state index contributed by atoms with van der Waals surface area (Å²) in [6.07, 6.45) is 24.8. The van der Waals surface area contributed by atoms with Crippen LogP contribution in [0.3, 0.4) is 0 Å². The topological polar surface area (TPSA) is 344 Å². The van der Waals surface area contributed by atoms with Gasteiger partial charge in [0.2, 0.25) is 23.6 Å². The normalized spacial score (nSPS) is 13.4. The lowest BCUT2D eigenvalue weighted by atomic mass is 10.2. The maximum absolute atomic E-state index is 12.8. The zero-order valence-electron chi connectivity index (χ0n) is 64.7. The standard InChI is InChI=1S/C20H17ClN4O3.C17H19ClN4O4.C16H18ClF3N4O2.C14H15ClN4O2.C12H11ClN4O/c21-18-17(12-25(23-18)16-7-4-10-22-11-16)24(19(26)14-8-9-14)13-28-20(27)15-5-2-1-3-6-15;1-2-25-10-15(23)26-11-21(17(24)12-5-6-12)14-9-22(20-16(14)18)13-4-3-7-19-8-13;1-15(2,3)26-14(25)23(8-6-16(18,19)20)12-10-24(22-13(12)17)11-5-4-7-21-9-11;1-21-9-18(14(20)10-4-5-10)12-8-19(17-13(12)15)11-3-2-6-16-7-11;13-11-10(15-12(18)8-3-4-8)7-17(16-11)9-2-1-5-14-6-9/h1-7,10-12,14H,8-9,13H2;3-4,7-9,12H,2,5-6,10-11H2,1H3;4-5,7,9-10H,6,8H2,1-3H3;2-3,6-8,10H,4-5,9H2,1H3;1-2,5-8H,3-4H2,(H,15,18). The van der Waals surface area contributed by atoms with E-state index in [0.717, 1.165) is 67.6 Å². The number of esters is 2. The number of aromatic nitrogens is 15. The molecule has 0 saturated heterocycles. The molecule has 0 atom stereocenters. The highest BCUT2D eigenvalue weighted by molar-refractivity contribution is 6.34. The van der Waals surface area contributed by atoms with Crippen molar-refractivity contribution in [2.45, 2.75) is 97.3 Å². The average molecular weight is 1740 g/mol. The summed E-state index contributed by atoms with van der Waals surface area (Å²) < 4.78 is 71.5. The van der Waals surface area contributed by atoms with Crippen LogP contribution >= 0.6 is 58.0 Å². The highest BCUT2D eigenvalue weighted by atomic mass is 35.5. The van der Waals surface area contributed by atoms with Crippen molar-refractivity contribution in [2.24, 2.45) is 23.7 Å². The minimum absolute atomic E-state index is 0.0163. The van der Waals surface area contributed by atoms with Gasteiger partial charge in [-0.05, 0) is 152 Å². The molecule has 4 aliphatic carbocycles. The molecule has 0 unspecified atom stereocenters. The second-order valence-corrected chi connectivity index (χ2v) is 29.6. The van der Waals surface area contributed by atoms with Gasteiger partial charge in [-0.15, -0.1) is 0 Å². The van der Waals surface area contributed by atoms with Gasteiger partial charge in [-0.2, -0.15) is 38.7 Å². The zero-order chi connectivity index (χ0) is 84.9. The second kappa shape index (κ2) is 41.1. The number of ether oxygens (including phenoxy) is 5. The van der Waals surface area contributed by atoms with Gasteiger partial charge in [0.15, 0.2) is 39.2 Å². The zero-order valence-corrected chi connectivity index (χ0v) is 68.4. The molecule has 32 nitrogen and oxygen atoms in total. The van der Waals surface area contributed by atoms with E-state index in [1.165, 1.54) is 36.2 Å². The van der Waals surface area contributed by atoms with E-state index >= 15 is 0 Å². The molecule has 40 heteroatoms. The summed E-state index contributed by atoms with van der Waals surface area (Å²) in [6.45, 7) is 5.93. The van der Waals surface area contributed by atoms with E-state index in [0.29, 0.717) is 52.0 Å². The summed E-state index contributed by atoms with van der Waals surface area (Å²) in [6, 6.07) is 26.5. The Morgan fingerprint density at radius 2 is 0.815 bits per heavy atom.